The zero-order valence-electron chi connectivity index (χ0n) is 20.4. The van der Waals surface area contributed by atoms with Gasteiger partial charge in [0.15, 0.2) is 0 Å². The fourth-order valence-electron chi connectivity index (χ4n) is 1.95. The summed E-state index contributed by atoms with van der Waals surface area (Å²) in [7, 11) is -0.738. The van der Waals surface area contributed by atoms with Gasteiger partial charge in [0.05, 0.1) is 35.3 Å². The molecule has 2 saturated heterocycles. The van der Waals surface area contributed by atoms with E-state index in [1.54, 1.807) is 0 Å². The van der Waals surface area contributed by atoms with Crippen LogP contribution in [0.1, 0.15) is 38.7 Å². The van der Waals surface area contributed by atoms with Crippen molar-refractivity contribution in [1.82, 2.24) is 4.98 Å². The summed E-state index contributed by atoms with van der Waals surface area (Å²) in [5, 5.41) is 0. The van der Waals surface area contributed by atoms with Crippen LogP contribution in [0.5, 0.6) is 0 Å². The Bertz CT molecular complexity index is 761. The van der Waals surface area contributed by atoms with E-state index in [1.807, 2.05) is 27.7 Å². The summed E-state index contributed by atoms with van der Waals surface area (Å²) in [6, 6.07) is 2.77. The van der Waals surface area contributed by atoms with Gasteiger partial charge in [0.25, 0.3) is 0 Å². The van der Waals surface area contributed by atoms with Crippen molar-refractivity contribution < 1.29 is 25.0 Å². The van der Waals surface area contributed by atoms with Gasteiger partial charge in [-0.2, -0.15) is 0 Å². The van der Waals surface area contributed by atoms with Gasteiger partial charge in [-0.05, 0) is 33.8 Å². The fourth-order valence-corrected chi connectivity index (χ4v) is 1.95. The van der Waals surface area contributed by atoms with E-state index in [0.29, 0.717) is 10.4 Å². The normalized spacial score (nSPS) is 39.6. The molecule has 0 amide bonds. The molecule has 0 N–H and O–H groups in total. The lowest BCUT2D eigenvalue weighted by atomic mass is 9.80. The highest BCUT2D eigenvalue weighted by Crippen LogP contribution is 2.36. The lowest BCUT2D eigenvalue weighted by molar-refractivity contribution is 0.00578. The quantitative estimate of drug-likeness (QED) is 0.768. The van der Waals surface area contributed by atoms with Crippen LogP contribution in [0.3, 0.4) is 0 Å². The number of anilines is 1. The van der Waals surface area contributed by atoms with Crippen LogP contribution in [-0.2, 0) is 14.0 Å². The fraction of sp³-hybridized carbons (Fsp3) is 0.667. The molecule has 5 nitrogen and oxygen atoms in total. The summed E-state index contributed by atoms with van der Waals surface area (Å²) >= 11 is 0. The molecule has 3 heterocycles. The van der Waals surface area contributed by atoms with Gasteiger partial charge < -0.3 is 18.9 Å². The molecule has 0 radical (unpaired) electrons. The predicted molar refractivity (Wildman–Crippen MR) is 83.0 cm³/mol. The van der Waals surface area contributed by atoms with Crippen molar-refractivity contribution in [2.45, 2.75) is 38.9 Å². The minimum absolute atomic E-state index is 0.295. The van der Waals surface area contributed by atoms with E-state index < -0.39 is 44.4 Å². The van der Waals surface area contributed by atoms with Gasteiger partial charge in [0.2, 0.25) is 0 Å². The van der Waals surface area contributed by atoms with Crippen LogP contribution in [0.25, 0.3) is 0 Å². The molecular formula is C15H23BN2O3. The highest BCUT2D eigenvalue weighted by Gasteiger charge is 2.51. The number of hydrogen-bond acceptors (Lipinski definition) is 5. The summed E-state index contributed by atoms with van der Waals surface area (Å²) in [6.07, 6.45) is 1.31. The molecule has 114 valence electrons. The third-order valence-electron chi connectivity index (χ3n) is 3.94. The molecule has 21 heavy (non-hydrogen) atoms. The molecule has 0 aliphatic carbocycles. The molecule has 1 aromatic heterocycles. The van der Waals surface area contributed by atoms with Gasteiger partial charge >= 0.3 is 7.12 Å². The maximum Gasteiger partial charge on any atom is 0.496 e. The molecule has 2 fully saturated rings. The van der Waals surface area contributed by atoms with Crippen LogP contribution in [0.2, 0.25) is 0 Å². The predicted octanol–water partition coefficient (Wildman–Crippen LogP) is 1.22. The highest BCUT2D eigenvalue weighted by molar-refractivity contribution is 6.62. The minimum Gasteiger partial charge on any atom is -0.399 e. The van der Waals surface area contributed by atoms with Crippen molar-refractivity contribution in [2.24, 2.45) is 0 Å². The first-order valence-corrected chi connectivity index (χ1v) is 6.68. The lowest BCUT2D eigenvalue weighted by Crippen LogP contribution is -2.41. The number of morpholine rings is 1. The Morgan fingerprint density at radius 3 is 2.29 bits per heavy atom. The molecule has 0 saturated carbocycles. The molecule has 0 spiro atoms. The Morgan fingerprint density at radius 1 is 1.14 bits per heavy atom. The van der Waals surface area contributed by atoms with Gasteiger partial charge in [-0.25, -0.2) is 4.98 Å². The lowest BCUT2D eigenvalue weighted by Gasteiger charge is -2.32. The van der Waals surface area contributed by atoms with Crippen molar-refractivity contribution in [3.63, 3.8) is 0 Å². The SMILES string of the molecule is [2H]C1([2H])OC([2H])([2H])C([2H])([2H])N(c2ccc(B3OC(C)(C)C(C)(C)O3)cn2)C1([2H])[2H]. The third kappa shape index (κ3) is 2.80. The summed E-state index contributed by atoms with van der Waals surface area (Å²) in [4.78, 5) is 4.39. The van der Waals surface area contributed by atoms with Crippen molar-refractivity contribution >= 4 is 18.4 Å². The van der Waals surface area contributed by atoms with Crippen molar-refractivity contribution in [3.8, 4) is 0 Å². The number of nitrogens with zero attached hydrogens (tertiary/aromatic N) is 2. The third-order valence-corrected chi connectivity index (χ3v) is 3.94. The molecule has 2 aliphatic heterocycles. The second-order valence-corrected chi connectivity index (χ2v) is 5.90. The van der Waals surface area contributed by atoms with Crippen LogP contribution >= 0.6 is 0 Å². The number of ether oxygens (including phenoxy) is 1. The molecule has 1 aromatic rings. The van der Waals surface area contributed by atoms with E-state index in [9.17, 15) is 0 Å². The van der Waals surface area contributed by atoms with E-state index in [1.165, 1.54) is 18.3 Å². The van der Waals surface area contributed by atoms with E-state index >= 15 is 0 Å². The maximum absolute atomic E-state index is 8.08. The van der Waals surface area contributed by atoms with Crippen LogP contribution in [-0.4, -0.2) is 49.4 Å². The van der Waals surface area contributed by atoms with Crippen LogP contribution in [0.4, 0.5) is 5.82 Å². The first-order chi connectivity index (χ1) is 12.9. The van der Waals surface area contributed by atoms with Gasteiger partial charge in [0, 0.05) is 24.7 Å². The number of hydrogen-bond donors (Lipinski definition) is 0. The largest absolute Gasteiger partial charge is 0.496 e. The Morgan fingerprint density at radius 2 is 1.76 bits per heavy atom. The molecule has 3 rings (SSSR count). The number of rotatable bonds is 2. The molecule has 2 aliphatic rings. The molecule has 0 atom stereocenters. The second kappa shape index (κ2) is 5.27. The Hall–Kier alpha value is -1.11. The molecule has 0 bridgehead atoms. The monoisotopic (exact) mass is 298 g/mol. The Balaban J connectivity index is 1.98. The van der Waals surface area contributed by atoms with Crippen molar-refractivity contribution in [3.05, 3.63) is 18.3 Å². The zero-order valence-corrected chi connectivity index (χ0v) is 12.4. The number of pyridine rings is 1. The van der Waals surface area contributed by atoms with Crippen LogP contribution in [0, 0.1) is 0 Å². The molecule has 6 heteroatoms. The van der Waals surface area contributed by atoms with Gasteiger partial charge in [-0.15, -0.1) is 0 Å². The summed E-state index contributed by atoms with van der Waals surface area (Å²) in [5.41, 5.74) is -0.656. The van der Waals surface area contributed by atoms with E-state index in [2.05, 4.69) is 9.72 Å². The van der Waals surface area contributed by atoms with E-state index in [0.717, 1.165) is 0 Å². The van der Waals surface area contributed by atoms with E-state index in [4.69, 9.17) is 20.3 Å². The average Bonchev–Trinajstić information content (AvgIpc) is 2.73. The maximum atomic E-state index is 8.08. The highest BCUT2D eigenvalue weighted by atomic mass is 16.7. The summed E-state index contributed by atoms with van der Waals surface area (Å²) < 4.78 is 79.7. The van der Waals surface area contributed by atoms with Crippen LogP contribution in [0.15, 0.2) is 18.3 Å². The van der Waals surface area contributed by atoms with Gasteiger partial charge in [-0.3, -0.25) is 0 Å². The summed E-state index contributed by atoms with van der Waals surface area (Å²) in [6.45, 7) is -4.80. The van der Waals surface area contributed by atoms with Crippen molar-refractivity contribution in [2.75, 3.05) is 31.0 Å². The van der Waals surface area contributed by atoms with Crippen molar-refractivity contribution in [1.29, 1.82) is 0 Å². The zero-order chi connectivity index (χ0) is 22.3. The summed E-state index contributed by atoms with van der Waals surface area (Å²) in [5.74, 6) is -0.295. The smallest absolute Gasteiger partial charge is 0.399 e. The molecule has 0 unspecified atom stereocenters. The van der Waals surface area contributed by atoms with Gasteiger partial charge in [0.1, 0.15) is 5.82 Å². The Kier molecular flexibility index (Phi) is 1.99. The standard InChI is InChI=1S/C15H23BN2O3/c1-14(2)15(3,4)21-16(20-14)12-5-6-13(17-11-12)18-7-9-19-10-8-18/h5-6,11H,7-10H2,1-4H3/i7D2,8D2,9D2,10D2. The van der Waals surface area contributed by atoms with Crippen LogP contribution < -0.4 is 10.4 Å². The first kappa shape index (κ1) is 7.95. The molecular weight excluding hydrogens is 267 g/mol. The van der Waals surface area contributed by atoms with E-state index in [-0.39, 0.29) is 5.82 Å². The minimum atomic E-state index is -3.13. The average molecular weight is 298 g/mol. The second-order valence-electron chi connectivity index (χ2n) is 5.90. The molecule has 0 aromatic carbocycles. The Labute approximate surface area is 138 Å². The number of aromatic nitrogens is 1. The van der Waals surface area contributed by atoms with Gasteiger partial charge in [-0.1, -0.05) is 6.07 Å². The first-order valence-electron chi connectivity index (χ1n) is 10.7. The topological polar surface area (TPSA) is 43.8 Å².